The van der Waals surface area contributed by atoms with Gasteiger partial charge in [-0.05, 0) is 29.8 Å². The minimum Gasteiger partial charge on any atom is -0.463 e. The summed E-state index contributed by atoms with van der Waals surface area (Å²) in [6, 6.07) is 10.7. The van der Waals surface area contributed by atoms with Crippen molar-refractivity contribution in [2.45, 2.75) is 24.6 Å². The Labute approximate surface area is 154 Å². The first kappa shape index (κ1) is 18.7. The summed E-state index contributed by atoms with van der Waals surface area (Å²) < 4.78 is 28.3. The SMILES string of the molecule is CS(=O)(=O)Cc1ccc(C(=O)NC[C@H](c2ccco2)[NH+]2CCCC2)cc1. The summed E-state index contributed by atoms with van der Waals surface area (Å²) >= 11 is 0. The first-order valence-electron chi connectivity index (χ1n) is 8.85. The van der Waals surface area contributed by atoms with E-state index in [0.29, 0.717) is 17.7 Å². The van der Waals surface area contributed by atoms with Gasteiger partial charge in [0.15, 0.2) is 21.6 Å². The number of benzene rings is 1. The van der Waals surface area contributed by atoms with Gasteiger partial charge < -0.3 is 14.6 Å². The van der Waals surface area contributed by atoms with Gasteiger partial charge in [0.25, 0.3) is 5.91 Å². The van der Waals surface area contributed by atoms with Gasteiger partial charge in [-0.25, -0.2) is 8.42 Å². The van der Waals surface area contributed by atoms with Crippen LogP contribution in [0.1, 0.15) is 40.6 Å². The Morgan fingerprint density at radius 3 is 2.46 bits per heavy atom. The number of carbonyl (C=O) groups excluding carboxylic acids is 1. The third-order valence-electron chi connectivity index (χ3n) is 4.74. The number of hydrogen-bond donors (Lipinski definition) is 2. The van der Waals surface area contributed by atoms with Gasteiger partial charge in [0.1, 0.15) is 0 Å². The Bertz CT molecular complexity index is 823. The maximum Gasteiger partial charge on any atom is 0.251 e. The fourth-order valence-electron chi connectivity index (χ4n) is 3.47. The number of sulfone groups is 1. The quantitative estimate of drug-likeness (QED) is 0.754. The Morgan fingerprint density at radius 2 is 1.88 bits per heavy atom. The van der Waals surface area contributed by atoms with Gasteiger partial charge >= 0.3 is 0 Å². The number of nitrogens with one attached hydrogen (secondary N) is 2. The number of quaternary nitrogens is 1. The van der Waals surface area contributed by atoms with Crippen LogP contribution in [0.25, 0.3) is 0 Å². The van der Waals surface area contributed by atoms with E-state index < -0.39 is 9.84 Å². The number of likely N-dealkylation sites (tertiary alicyclic amines) is 1. The highest BCUT2D eigenvalue weighted by molar-refractivity contribution is 7.89. The van der Waals surface area contributed by atoms with E-state index in [1.807, 2.05) is 12.1 Å². The molecule has 140 valence electrons. The third kappa shape index (κ3) is 4.95. The molecular weight excluding hydrogens is 352 g/mol. The molecule has 7 heteroatoms. The van der Waals surface area contributed by atoms with Crippen molar-refractivity contribution in [2.24, 2.45) is 0 Å². The molecule has 1 amide bonds. The van der Waals surface area contributed by atoms with Crippen molar-refractivity contribution >= 4 is 15.7 Å². The molecule has 0 aliphatic carbocycles. The average molecular weight is 377 g/mol. The van der Waals surface area contributed by atoms with Crippen molar-refractivity contribution in [3.8, 4) is 0 Å². The van der Waals surface area contributed by atoms with E-state index in [1.165, 1.54) is 24.0 Å². The maximum atomic E-state index is 12.5. The lowest BCUT2D eigenvalue weighted by molar-refractivity contribution is -0.919. The molecule has 6 nitrogen and oxygen atoms in total. The molecule has 0 radical (unpaired) electrons. The van der Waals surface area contributed by atoms with Crippen LogP contribution in [0.5, 0.6) is 0 Å². The number of hydrogen-bond acceptors (Lipinski definition) is 4. The lowest BCUT2D eigenvalue weighted by Gasteiger charge is -2.23. The number of rotatable bonds is 7. The first-order chi connectivity index (χ1) is 12.4. The monoisotopic (exact) mass is 377 g/mol. The van der Waals surface area contributed by atoms with Crippen molar-refractivity contribution in [3.05, 3.63) is 59.5 Å². The molecule has 1 aromatic heterocycles. The van der Waals surface area contributed by atoms with Gasteiger partial charge in [-0.3, -0.25) is 4.79 Å². The molecule has 0 unspecified atom stereocenters. The second kappa shape index (κ2) is 8.05. The molecule has 1 fully saturated rings. The normalized spacial score (nSPS) is 16.5. The van der Waals surface area contributed by atoms with Gasteiger partial charge in [-0.1, -0.05) is 12.1 Å². The smallest absolute Gasteiger partial charge is 0.251 e. The van der Waals surface area contributed by atoms with Crippen LogP contribution in [-0.2, 0) is 15.6 Å². The Morgan fingerprint density at radius 1 is 1.19 bits per heavy atom. The van der Waals surface area contributed by atoms with Crippen molar-refractivity contribution in [1.82, 2.24) is 5.32 Å². The molecule has 26 heavy (non-hydrogen) atoms. The number of carbonyl (C=O) groups is 1. The molecule has 0 spiro atoms. The predicted octanol–water partition coefficient (Wildman–Crippen LogP) is 0.974. The summed E-state index contributed by atoms with van der Waals surface area (Å²) in [4.78, 5) is 13.9. The van der Waals surface area contributed by atoms with Crippen LogP contribution in [0.4, 0.5) is 0 Å². The Balaban J connectivity index is 1.63. The standard InChI is InChI=1S/C19H24N2O4S/c1-26(23,24)14-15-6-8-16(9-7-15)19(22)20-13-17(18-5-4-12-25-18)21-10-2-3-11-21/h4-9,12,17H,2-3,10-11,13-14H2,1H3,(H,20,22)/p+1/t17-/m1/s1. The fraction of sp³-hybridized carbons (Fsp3) is 0.421. The summed E-state index contributed by atoms with van der Waals surface area (Å²) in [6.07, 6.45) is 5.26. The summed E-state index contributed by atoms with van der Waals surface area (Å²) in [5, 5.41) is 2.99. The molecular formula is C19H25N2O4S+. The van der Waals surface area contributed by atoms with Crippen LogP contribution in [0.2, 0.25) is 0 Å². The zero-order chi connectivity index (χ0) is 18.6. The Kier molecular flexibility index (Phi) is 5.78. The van der Waals surface area contributed by atoms with E-state index in [1.54, 1.807) is 30.5 Å². The molecule has 3 rings (SSSR count). The molecule has 0 saturated carbocycles. The number of furan rings is 1. The molecule has 1 aliphatic heterocycles. The second-order valence-corrected chi connectivity index (χ2v) is 9.05. The minimum absolute atomic E-state index is 0.0201. The van der Waals surface area contributed by atoms with Crippen LogP contribution in [0, 0.1) is 0 Å². The van der Waals surface area contributed by atoms with Gasteiger partial charge in [0.05, 0.1) is 31.7 Å². The second-order valence-electron chi connectivity index (χ2n) is 6.91. The van der Waals surface area contributed by atoms with Crippen LogP contribution in [0.15, 0.2) is 47.1 Å². The number of amides is 1. The summed E-state index contributed by atoms with van der Waals surface area (Å²) in [7, 11) is -3.08. The molecule has 1 saturated heterocycles. The molecule has 0 bridgehead atoms. The molecule has 2 heterocycles. The average Bonchev–Trinajstić information content (AvgIpc) is 3.28. The minimum atomic E-state index is -3.08. The topological polar surface area (TPSA) is 80.8 Å². The van der Waals surface area contributed by atoms with E-state index in [-0.39, 0.29) is 17.7 Å². The van der Waals surface area contributed by atoms with E-state index in [0.717, 1.165) is 18.8 Å². The van der Waals surface area contributed by atoms with E-state index in [2.05, 4.69) is 5.32 Å². The lowest BCUT2D eigenvalue weighted by atomic mass is 10.1. The first-order valence-corrected chi connectivity index (χ1v) is 10.9. The third-order valence-corrected chi connectivity index (χ3v) is 5.59. The summed E-state index contributed by atoms with van der Waals surface area (Å²) in [5.74, 6) is 0.713. The van der Waals surface area contributed by atoms with Crippen molar-refractivity contribution < 1.29 is 22.5 Å². The van der Waals surface area contributed by atoms with Crippen LogP contribution in [0.3, 0.4) is 0 Å². The van der Waals surface area contributed by atoms with Crippen LogP contribution in [-0.4, -0.2) is 40.2 Å². The highest BCUT2D eigenvalue weighted by Gasteiger charge is 2.29. The van der Waals surface area contributed by atoms with Crippen LogP contribution >= 0.6 is 0 Å². The van der Waals surface area contributed by atoms with Gasteiger partial charge in [0.2, 0.25) is 0 Å². The lowest BCUT2D eigenvalue weighted by Crippen LogP contribution is -3.11. The maximum absolute atomic E-state index is 12.5. The Hall–Kier alpha value is -2.12. The highest BCUT2D eigenvalue weighted by Crippen LogP contribution is 2.12. The molecule has 2 N–H and O–H groups in total. The van der Waals surface area contributed by atoms with E-state index in [4.69, 9.17) is 4.42 Å². The summed E-state index contributed by atoms with van der Waals surface area (Å²) in [5.41, 5.74) is 1.20. The molecule has 1 aliphatic rings. The largest absolute Gasteiger partial charge is 0.463 e. The van der Waals surface area contributed by atoms with Gasteiger partial charge in [0, 0.05) is 24.7 Å². The van der Waals surface area contributed by atoms with Gasteiger partial charge in [-0.2, -0.15) is 0 Å². The highest BCUT2D eigenvalue weighted by atomic mass is 32.2. The van der Waals surface area contributed by atoms with E-state index in [9.17, 15) is 13.2 Å². The van der Waals surface area contributed by atoms with Crippen molar-refractivity contribution in [3.63, 3.8) is 0 Å². The molecule has 1 aromatic carbocycles. The zero-order valence-electron chi connectivity index (χ0n) is 14.9. The molecule has 2 aromatic rings. The summed E-state index contributed by atoms with van der Waals surface area (Å²) in [6.45, 7) is 2.68. The van der Waals surface area contributed by atoms with Gasteiger partial charge in [-0.15, -0.1) is 0 Å². The predicted molar refractivity (Wildman–Crippen MR) is 98.7 cm³/mol. The van der Waals surface area contributed by atoms with Crippen LogP contribution < -0.4 is 10.2 Å². The fourth-order valence-corrected chi connectivity index (χ4v) is 4.26. The van der Waals surface area contributed by atoms with Crippen molar-refractivity contribution in [1.29, 1.82) is 0 Å². The zero-order valence-corrected chi connectivity index (χ0v) is 15.7. The van der Waals surface area contributed by atoms with E-state index >= 15 is 0 Å². The van der Waals surface area contributed by atoms with Crippen molar-refractivity contribution in [2.75, 3.05) is 25.9 Å². The molecule has 1 atom stereocenters.